The summed E-state index contributed by atoms with van der Waals surface area (Å²) in [6.07, 6.45) is 3.61. The predicted molar refractivity (Wildman–Crippen MR) is 92.0 cm³/mol. The van der Waals surface area contributed by atoms with E-state index in [-0.39, 0.29) is 0 Å². The van der Waals surface area contributed by atoms with Crippen LogP contribution in [0, 0.1) is 6.92 Å². The second-order valence-electron chi connectivity index (χ2n) is 5.50. The SMILES string of the molecule is Cc1nn(-c2ccccc2)nc1CNc1cnccc1N(C)C. The van der Waals surface area contributed by atoms with Crippen LogP contribution in [0.5, 0.6) is 0 Å². The number of nitrogens with zero attached hydrogens (tertiary/aromatic N) is 5. The standard InChI is InChI=1S/C17H20N6/c1-13-15(21-23(20-13)14-7-5-4-6-8-14)12-19-16-11-18-10-9-17(16)22(2)3/h4-11,19H,12H2,1-3H3. The zero-order valence-corrected chi connectivity index (χ0v) is 13.6. The molecule has 0 amide bonds. The van der Waals surface area contributed by atoms with Crippen molar-refractivity contribution in [3.63, 3.8) is 0 Å². The van der Waals surface area contributed by atoms with Crippen molar-refractivity contribution < 1.29 is 0 Å². The van der Waals surface area contributed by atoms with E-state index in [1.54, 1.807) is 11.0 Å². The van der Waals surface area contributed by atoms with Gasteiger partial charge in [0.1, 0.15) is 5.69 Å². The van der Waals surface area contributed by atoms with Gasteiger partial charge >= 0.3 is 0 Å². The molecular formula is C17H20N6. The molecule has 23 heavy (non-hydrogen) atoms. The first-order chi connectivity index (χ1) is 11.1. The van der Waals surface area contributed by atoms with Crippen LogP contribution in [0.1, 0.15) is 11.4 Å². The fourth-order valence-electron chi connectivity index (χ4n) is 2.34. The maximum absolute atomic E-state index is 4.58. The monoisotopic (exact) mass is 308 g/mol. The van der Waals surface area contributed by atoms with E-state index in [1.165, 1.54) is 0 Å². The molecule has 0 saturated carbocycles. The Morgan fingerprint density at radius 2 is 1.87 bits per heavy atom. The molecule has 3 aromatic rings. The van der Waals surface area contributed by atoms with Gasteiger partial charge in [0.15, 0.2) is 0 Å². The van der Waals surface area contributed by atoms with E-state index in [9.17, 15) is 0 Å². The minimum Gasteiger partial charge on any atom is -0.376 e. The van der Waals surface area contributed by atoms with Gasteiger partial charge in [-0.05, 0) is 25.1 Å². The Bertz CT molecular complexity index is 779. The number of nitrogens with one attached hydrogen (secondary N) is 1. The molecule has 2 heterocycles. The molecule has 0 saturated heterocycles. The zero-order chi connectivity index (χ0) is 16.2. The molecule has 1 N–H and O–H groups in total. The highest BCUT2D eigenvalue weighted by atomic mass is 15.5. The van der Waals surface area contributed by atoms with Gasteiger partial charge in [0.25, 0.3) is 0 Å². The largest absolute Gasteiger partial charge is 0.376 e. The van der Waals surface area contributed by atoms with E-state index in [2.05, 4.69) is 25.4 Å². The molecule has 2 aromatic heterocycles. The van der Waals surface area contributed by atoms with Crippen molar-refractivity contribution in [2.45, 2.75) is 13.5 Å². The number of para-hydroxylation sites is 1. The van der Waals surface area contributed by atoms with Gasteiger partial charge in [-0.1, -0.05) is 18.2 Å². The van der Waals surface area contributed by atoms with Crippen LogP contribution in [-0.2, 0) is 6.54 Å². The fraction of sp³-hybridized carbons (Fsp3) is 0.235. The number of benzene rings is 1. The molecule has 0 spiro atoms. The molecule has 0 aliphatic heterocycles. The summed E-state index contributed by atoms with van der Waals surface area (Å²) in [6, 6.07) is 11.9. The molecule has 3 rings (SSSR count). The summed E-state index contributed by atoms with van der Waals surface area (Å²) in [5, 5.41) is 12.5. The lowest BCUT2D eigenvalue weighted by atomic mass is 10.3. The molecule has 0 aliphatic rings. The van der Waals surface area contributed by atoms with Crippen molar-refractivity contribution in [1.82, 2.24) is 20.0 Å². The average Bonchev–Trinajstić information content (AvgIpc) is 2.95. The van der Waals surface area contributed by atoms with Gasteiger partial charge in [0.05, 0.1) is 35.5 Å². The lowest BCUT2D eigenvalue weighted by Crippen LogP contribution is -2.12. The Hall–Kier alpha value is -2.89. The number of aromatic nitrogens is 4. The van der Waals surface area contributed by atoms with Gasteiger partial charge in [0.2, 0.25) is 0 Å². The second kappa shape index (κ2) is 6.48. The second-order valence-corrected chi connectivity index (χ2v) is 5.50. The van der Waals surface area contributed by atoms with Crippen molar-refractivity contribution in [2.24, 2.45) is 0 Å². The first kappa shape index (κ1) is 15.0. The summed E-state index contributed by atoms with van der Waals surface area (Å²) < 4.78 is 0. The molecule has 0 atom stereocenters. The summed E-state index contributed by atoms with van der Waals surface area (Å²) in [7, 11) is 4.02. The molecule has 118 valence electrons. The Balaban J connectivity index is 1.78. The molecule has 6 nitrogen and oxygen atoms in total. The summed E-state index contributed by atoms with van der Waals surface area (Å²) in [4.78, 5) is 7.91. The lowest BCUT2D eigenvalue weighted by Gasteiger charge is -2.17. The first-order valence-corrected chi connectivity index (χ1v) is 7.48. The Morgan fingerprint density at radius 1 is 1.09 bits per heavy atom. The molecule has 0 radical (unpaired) electrons. The minimum atomic E-state index is 0.602. The number of hydrogen-bond acceptors (Lipinski definition) is 5. The molecule has 1 aromatic carbocycles. The Morgan fingerprint density at radius 3 is 2.61 bits per heavy atom. The van der Waals surface area contributed by atoms with Crippen molar-refractivity contribution in [3.05, 3.63) is 60.2 Å². The van der Waals surface area contributed by atoms with E-state index in [1.807, 2.05) is 63.6 Å². The normalized spacial score (nSPS) is 10.6. The summed E-state index contributed by atoms with van der Waals surface area (Å²) in [5.74, 6) is 0. The van der Waals surface area contributed by atoms with Crippen LogP contribution >= 0.6 is 0 Å². The van der Waals surface area contributed by atoms with E-state index in [0.717, 1.165) is 28.5 Å². The van der Waals surface area contributed by atoms with Gasteiger partial charge < -0.3 is 10.2 Å². The smallest absolute Gasteiger partial charge is 0.105 e. The van der Waals surface area contributed by atoms with Crippen molar-refractivity contribution in [2.75, 3.05) is 24.3 Å². The van der Waals surface area contributed by atoms with Crippen LogP contribution in [0.25, 0.3) is 5.69 Å². The van der Waals surface area contributed by atoms with Gasteiger partial charge in [0, 0.05) is 20.3 Å². The van der Waals surface area contributed by atoms with Crippen molar-refractivity contribution >= 4 is 11.4 Å². The van der Waals surface area contributed by atoms with Crippen molar-refractivity contribution in [3.8, 4) is 5.69 Å². The molecule has 0 bridgehead atoms. The van der Waals surface area contributed by atoms with Crippen molar-refractivity contribution in [1.29, 1.82) is 0 Å². The van der Waals surface area contributed by atoms with Crippen LogP contribution in [-0.4, -0.2) is 34.1 Å². The number of anilines is 2. The van der Waals surface area contributed by atoms with Crippen LogP contribution in [0.15, 0.2) is 48.8 Å². The molecule has 0 fully saturated rings. The number of rotatable bonds is 5. The average molecular weight is 308 g/mol. The van der Waals surface area contributed by atoms with E-state index >= 15 is 0 Å². The molecule has 0 unspecified atom stereocenters. The lowest BCUT2D eigenvalue weighted by molar-refractivity contribution is 0.737. The van der Waals surface area contributed by atoms with E-state index in [4.69, 9.17) is 0 Å². The molecule has 0 aliphatic carbocycles. The maximum Gasteiger partial charge on any atom is 0.105 e. The van der Waals surface area contributed by atoms with Crippen LogP contribution in [0.2, 0.25) is 0 Å². The highest BCUT2D eigenvalue weighted by molar-refractivity contribution is 5.68. The number of aryl methyl sites for hydroxylation is 1. The Labute approximate surface area is 135 Å². The Kier molecular flexibility index (Phi) is 4.23. The van der Waals surface area contributed by atoms with E-state index < -0.39 is 0 Å². The fourth-order valence-corrected chi connectivity index (χ4v) is 2.34. The third kappa shape index (κ3) is 3.31. The topological polar surface area (TPSA) is 58.9 Å². The minimum absolute atomic E-state index is 0.602. The van der Waals surface area contributed by atoms with Crippen LogP contribution in [0.4, 0.5) is 11.4 Å². The first-order valence-electron chi connectivity index (χ1n) is 7.48. The van der Waals surface area contributed by atoms with Crippen LogP contribution < -0.4 is 10.2 Å². The van der Waals surface area contributed by atoms with E-state index in [0.29, 0.717) is 6.54 Å². The van der Waals surface area contributed by atoms with Crippen LogP contribution in [0.3, 0.4) is 0 Å². The van der Waals surface area contributed by atoms with Gasteiger partial charge in [-0.25, -0.2) is 0 Å². The molecule has 6 heteroatoms. The zero-order valence-electron chi connectivity index (χ0n) is 13.6. The maximum atomic E-state index is 4.58. The summed E-state index contributed by atoms with van der Waals surface area (Å²) >= 11 is 0. The predicted octanol–water partition coefficient (Wildman–Crippen LogP) is 2.65. The third-order valence-corrected chi connectivity index (χ3v) is 3.59. The summed E-state index contributed by atoms with van der Waals surface area (Å²) in [5.41, 5.74) is 4.86. The highest BCUT2D eigenvalue weighted by Gasteiger charge is 2.10. The summed E-state index contributed by atoms with van der Waals surface area (Å²) in [6.45, 7) is 2.57. The van der Waals surface area contributed by atoms with Gasteiger partial charge in [-0.15, -0.1) is 0 Å². The number of pyridine rings is 1. The quantitative estimate of drug-likeness (QED) is 0.785. The number of hydrogen-bond donors (Lipinski definition) is 1. The highest BCUT2D eigenvalue weighted by Crippen LogP contribution is 2.23. The van der Waals surface area contributed by atoms with Gasteiger partial charge in [-0.3, -0.25) is 4.98 Å². The van der Waals surface area contributed by atoms with Gasteiger partial charge in [-0.2, -0.15) is 15.0 Å². The molecular weight excluding hydrogens is 288 g/mol. The third-order valence-electron chi connectivity index (χ3n) is 3.59.